The van der Waals surface area contributed by atoms with Gasteiger partial charge in [-0.25, -0.2) is 0 Å². The minimum atomic E-state index is -0.285. The number of allylic oxidation sites excluding steroid dienone is 1. The Morgan fingerprint density at radius 2 is 2.30 bits per heavy atom. The van der Waals surface area contributed by atoms with E-state index in [9.17, 15) is 4.79 Å². The maximum Gasteiger partial charge on any atom is 0.185 e. The molecule has 1 N–H and O–H groups in total. The molecule has 10 heavy (non-hydrogen) atoms. The summed E-state index contributed by atoms with van der Waals surface area (Å²) in [5.41, 5.74) is 6.95. The first-order chi connectivity index (χ1) is 4.24. The molecule has 1 radical (unpaired) electrons. The molecule has 1 aliphatic rings. The van der Waals surface area contributed by atoms with Gasteiger partial charge in [-0.3, -0.25) is 4.79 Å². The molecule has 0 saturated heterocycles. The van der Waals surface area contributed by atoms with Gasteiger partial charge in [0.15, 0.2) is 5.91 Å². The quantitative estimate of drug-likeness (QED) is 0.593. The van der Waals surface area contributed by atoms with Gasteiger partial charge in [0.25, 0.3) is 0 Å². The zero-order chi connectivity index (χ0) is 6.85. The van der Waals surface area contributed by atoms with Gasteiger partial charge in [0, 0.05) is 32.7 Å². The Bertz CT molecular complexity index is 212. The molecule has 5 heteroatoms. The standard InChI is InChI=1S/C5H6N2OS.Y/c1-2-3-4(8)7-5(6)9-3;/h2H,1H3,(H2,6,7,8);/p-1/b3-2-;. The number of carbonyl (C=O) groups is 1. The van der Waals surface area contributed by atoms with E-state index in [-0.39, 0.29) is 43.8 Å². The van der Waals surface area contributed by atoms with Crippen molar-refractivity contribution in [1.29, 1.82) is 0 Å². The second-order valence-electron chi connectivity index (χ2n) is 1.48. The van der Waals surface area contributed by atoms with Crippen LogP contribution in [0.4, 0.5) is 0 Å². The maximum absolute atomic E-state index is 10.6. The molecule has 0 fully saturated rings. The Kier molecular flexibility index (Phi) is 4.40. The second kappa shape index (κ2) is 4.26. The van der Waals surface area contributed by atoms with E-state index >= 15 is 0 Å². The number of thioether (sulfide) groups is 1. The molecule has 0 aromatic carbocycles. The summed E-state index contributed by atoms with van der Waals surface area (Å²) in [7, 11) is 0. The van der Waals surface area contributed by atoms with E-state index in [1.807, 2.05) is 0 Å². The number of amides is 1. The van der Waals surface area contributed by atoms with Crippen molar-refractivity contribution in [3.63, 3.8) is 0 Å². The summed E-state index contributed by atoms with van der Waals surface area (Å²) in [4.78, 5) is 14.6. The van der Waals surface area contributed by atoms with E-state index in [4.69, 9.17) is 5.73 Å². The fourth-order valence-corrected chi connectivity index (χ4v) is 1.09. The van der Waals surface area contributed by atoms with Crippen LogP contribution in [0.15, 0.2) is 16.0 Å². The molecule has 0 atom stereocenters. The summed E-state index contributed by atoms with van der Waals surface area (Å²) in [6, 6.07) is 0. The number of carbonyl (C=O) groups excluding carboxylic acids is 1. The van der Waals surface area contributed by atoms with Crippen LogP contribution in [0, 0.1) is 0 Å². The summed E-state index contributed by atoms with van der Waals surface area (Å²) < 4.78 is 0. The number of hydrogen-bond acceptors (Lipinski definition) is 2. The average Bonchev–Trinajstić information content (AvgIpc) is 2.10. The Morgan fingerprint density at radius 1 is 1.70 bits per heavy atom. The molecule has 0 spiro atoms. The Balaban J connectivity index is 0.000000810. The smallest absolute Gasteiger partial charge is 0.185 e. The van der Waals surface area contributed by atoms with E-state index in [2.05, 4.69) is 4.99 Å². The monoisotopic (exact) mass is 230 g/mol. The van der Waals surface area contributed by atoms with Crippen molar-refractivity contribution in [2.75, 3.05) is 0 Å². The summed E-state index contributed by atoms with van der Waals surface area (Å²) in [5, 5.41) is 0.0908. The van der Waals surface area contributed by atoms with Crippen molar-refractivity contribution < 1.29 is 37.5 Å². The molecule has 1 rings (SSSR count). The minimum absolute atomic E-state index is 0. The largest absolute Gasteiger partial charge is 0.476 e. The average molecular weight is 230 g/mol. The summed E-state index contributed by atoms with van der Waals surface area (Å²) in [6.45, 7) is 1.76. The zero-order valence-corrected chi connectivity index (χ0v) is 9.07. The van der Waals surface area contributed by atoms with Crippen molar-refractivity contribution in [3.05, 3.63) is 16.7 Å². The van der Waals surface area contributed by atoms with E-state index in [1.54, 1.807) is 13.0 Å². The third-order valence-corrected chi connectivity index (χ3v) is 1.80. The van der Waals surface area contributed by atoms with Crippen LogP contribution in [0.2, 0.25) is 0 Å². The molecule has 0 aromatic rings. The van der Waals surface area contributed by atoms with Crippen LogP contribution >= 0.6 is 11.8 Å². The maximum atomic E-state index is 10.6. The minimum Gasteiger partial charge on any atom is -0.476 e. The fraction of sp³-hybridized carbons (Fsp3) is 0.200. The van der Waals surface area contributed by atoms with Gasteiger partial charge in [0.2, 0.25) is 0 Å². The number of hydrogen-bond donors (Lipinski definition) is 0. The first kappa shape index (κ1) is 10.3. The predicted molar refractivity (Wildman–Crippen MR) is 38.1 cm³/mol. The molecule has 0 unspecified atom stereocenters. The molecule has 51 valence electrons. The van der Waals surface area contributed by atoms with Crippen LogP contribution in [0.5, 0.6) is 0 Å². The molecule has 0 bridgehead atoms. The predicted octanol–water partition coefficient (Wildman–Crippen LogP) is 1.57. The fourth-order valence-electron chi connectivity index (χ4n) is 0.500. The van der Waals surface area contributed by atoms with E-state index in [0.717, 1.165) is 11.8 Å². The van der Waals surface area contributed by atoms with Gasteiger partial charge in [-0.15, -0.1) is 0 Å². The molecule has 1 heterocycles. The van der Waals surface area contributed by atoms with Crippen molar-refractivity contribution in [2.24, 2.45) is 4.99 Å². The molecule has 3 nitrogen and oxygen atoms in total. The Morgan fingerprint density at radius 3 is 2.50 bits per heavy atom. The molecule has 0 aromatic heterocycles. The van der Waals surface area contributed by atoms with Crippen LogP contribution < -0.4 is 0 Å². The molecular weight excluding hydrogens is 225 g/mol. The van der Waals surface area contributed by atoms with Gasteiger partial charge < -0.3 is 10.7 Å². The van der Waals surface area contributed by atoms with E-state index < -0.39 is 0 Å². The topological polar surface area (TPSA) is 53.2 Å². The van der Waals surface area contributed by atoms with Crippen molar-refractivity contribution in [1.82, 2.24) is 0 Å². The number of rotatable bonds is 0. The van der Waals surface area contributed by atoms with E-state index in [1.165, 1.54) is 0 Å². The second-order valence-corrected chi connectivity index (χ2v) is 2.51. The number of aliphatic imine (C=N–C) groups is 1. The molecule has 1 amide bonds. The SMILES string of the molecule is C/C=C1\SC([NH-])=NC1=O.[Y]. The first-order valence-electron chi connectivity index (χ1n) is 2.43. The molecule has 0 aliphatic carbocycles. The summed E-state index contributed by atoms with van der Waals surface area (Å²) in [5.74, 6) is -0.285. The van der Waals surface area contributed by atoms with Gasteiger partial charge in [0.05, 0.1) is 4.91 Å². The van der Waals surface area contributed by atoms with E-state index in [0.29, 0.717) is 4.91 Å². The molecule has 0 saturated carbocycles. The normalized spacial score (nSPS) is 20.7. The number of nitrogens with one attached hydrogen (secondary N) is 1. The van der Waals surface area contributed by atoms with Crippen LogP contribution in [-0.4, -0.2) is 11.1 Å². The van der Waals surface area contributed by atoms with Gasteiger partial charge in [0.1, 0.15) is 0 Å². The third kappa shape index (κ3) is 2.18. The zero-order valence-electron chi connectivity index (χ0n) is 5.42. The molecular formula is C5H5N2OSY-. The summed E-state index contributed by atoms with van der Waals surface area (Å²) >= 11 is 1.10. The van der Waals surface area contributed by atoms with Crippen molar-refractivity contribution >= 4 is 22.8 Å². The van der Waals surface area contributed by atoms with Crippen molar-refractivity contribution in [3.8, 4) is 0 Å². The van der Waals surface area contributed by atoms with Gasteiger partial charge >= 0.3 is 0 Å². The number of nitrogens with zero attached hydrogens (tertiary/aromatic N) is 1. The third-order valence-electron chi connectivity index (χ3n) is 0.883. The van der Waals surface area contributed by atoms with Crippen LogP contribution in [0.25, 0.3) is 5.73 Å². The van der Waals surface area contributed by atoms with Crippen molar-refractivity contribution in [2.45, 2.75) is 6.92 Å². The summed E-state index contributed by atoms with van der Waals surface area (Å²) in [6.07, 6.45) is 1.66. The van der Waals surface area contributed by atoms with Gasteiger partial charge in [-0.1, -0.05) is 17.8 Å². The van der Waals surface area contributed by atoms with Crippen LogP contribution in [0.3, 0.4) is 0 Å². The Labute approximate surface area is 88.4 Å². The molecule has 1 aliphatic heterocycles. The Hall–Kier alpha value is 0.334. The number of amidine groups is 1. The van der Waals surface area contributed by atoms with Gasteiger partial charge in [-0.05, 0) is 12.1 Å². The first-order valence-corrected chi connectivity index (χ1v) is 3.24. The van der Waals surface area contributed by atoms with Crippen LogP contribution in [-0.2, 0) is 37.5 Å². The van der Waals surface area contributed by atoms with Crippen LogP contribution in [0.1, 0.15) is 6.92 Å². The van der Waals surface area contributed by atoms with Gasteiger partial charge in [-0.2, -0.15) is 0 Å².